The fraction of sp³-hybridized carbons (Fsp3) is 0.600. The Bertz CT molecular complexity index is 540. The summed E-state index contributed by atoms with van der Waals surface area (Å²) in [5.41, 5.74) is 0.0536. The molecule has 23 heavy (non-hydrogen) atoms. The monoisotopic (exact) mass is 326 g/mol. The molecule has 8 heteroatoms. The zero-order valence-corrected chi connectivity index (χ0v) is 13.7. The smallest absolute Gasteiger partial charge is 0.360 e. The Hall–Kier alpha value is -2.38. The van der Waals surface area contributed by atoms with Crippen LogP contribution in [-0.2, 0) is 25.6 Å². The van der Waals surface area contributed by atoms with E-state index in [9.17, 15) is 14.4 Å². The molecule has 8 nitrogen and oxygen atoms in total. The fourth-order valence-corrected chi connectivity index (χ4v) is 1.91. The van der Waals surface area contributed by atoms with Gasteiger partial charge in [-0.25, -0.2) is 9.78 Å². The minimum atomic E-state index is -0.601. The van der Waals surface area contributed by atoms with Gasteiger partial charge >= 0.3 is 11.9 Å². The Morgan fingerprint density at radius 2 is 2.00 bits per heavy atom. The summed E-state index contributed by atoms with van der Waals surface area (Å²) in [7, 11) is 1.25. The van der Waals surface area contributed by atoms with Crippen LogP contribution in [0.2, 0.25) is 0 Å². The Morgan fingerprint density at radius 3 is 2.61 bits per heavy atom. The quantitative estimate of drug-likeness (QED) is 0.635. The van der Waals surface area contributed by atoms with Gasteiger partial charge in [-0.3, -0.25) is 9.59 Å². The van der Waals surface area contributed by atoms with Crippen LogP contribution in [0, 0.1) is 0 Å². The van der Waals surface area contributed by atoms with Crippen LogP contribution in [0.15, 0.2) is 10.7 Å². The lowest BCUT2D eigenvalue weighted by Gasteiger charge is -2.20. The highest BCUT2D eigenvalue weighted by atomic mass is 16.5. The van der Waals surface area contributed by atoms with Crippen LogP contribution >= 0.6 is 0 Å². The molecular formula is C15H22N2O6. The average Bonchev–Trinajstić information content (AvgIpc) is 3.00. The minimum Gasteiger partial charge on any atom is -0.466 e. The van der Waals surface area contributed by atoms with Crippen LogP contribution in [0.25, 0.3) is 0 Å². The summed E-state index contributed by atoms with van der Waals surface area (Å²) in [5.74, 6) is -0.960. The van der Waals surface area contributed by atoms with Crippen molar-refractivity contribution in [2.24, 2.45) is 0 Å². The lowest BCUT2D eigenvalue weighted by Crippen LogP contribution is -2.31. The summed E-state index contributed by atoms with van der Waals surface area (Å²) in [5, 5.41) is 0. The molecule has 0 aromatic carbocycles. The lowest BCUT2D eigenvalue weighted by molar-refractivity contribution is -0.145. The van der Waals surface area contributed by atoms with E-state index in [1.54, 1.807) is 6.92 Å². The van der Waals surface area contributed by atoms with Crippen molar-refractivity contribution in [1.29, 1.82) is 0 Å². The van der Waals surface area contributed by atoms with Crippen molar-refractivity contribution in [1.82, 2.24) is 9.88 Å². The molecule has 1 aromatic heterocycles. The van der Waals surface area contributed by atoms with Gasteiger partial charge in [0.05, 0.1) is 26.7 Å². The summed E-state index contributed by atoms with van der Waals surface area (Å²) in [6.07, 6.45) is 2.03. The third-order valence-electron chi connectivity index (χ3n) is 2.97. The summed E-state index contributed by atoms with van der Waals surface area (Å²) >= 11 is 0. The van der Waals surface area contributed by atoms with E-state index in [0.29, 0.717) is 6.54 Å². The van der Waals surface area contributed by atoms with Crippen molar-refractivity contribution in [3.05, 3.63) is 17.8 Å². The first-order chi connectivity index (χ1) is 11.0. The predicted octanol–water partition coefficient (Wildman–Crippen LogP) is 1.54. The number of hydrogen-bond donors (Lipinski definition) is 0. The number of oxazole rings is 1. The number of aromatic nitrogens is 1. The van der Waals surface area contributed by atoms with E-state index in [1.807, 2.05) is 6.92 Å². The molecule has 0 aliphatic carbocycles. The molecule has 128 valence electrons. The highest BCUT2D eigenvalue weighted by Crippen LogP contribution is 2.10. The van der Waals surface area contributed by atoms with E-state index < -0.39 is 11.9 Å². The molecular weight excluding hydrogens is 304 g/mol. The van der Waals surface area contributed by atoms with Crippen LogP contribution < -0.4 is 0 Å². The molecule has 1 heterocycles. The topological polar surface area (TPSA) is 98.9 Å². The van der Waals surface area contributed by atoms with Crippen molar-refractivity contribution in [2.45, 2.75) is 39.7 Å². The zero-order chi connectivity index (χ0) is 17.2. The minimum absolute atomic E-state index is 0.0336. The van der Waals surface area contributed by atoms with Crippen molar-refractivity contribution in [3.8, 4) is 0 Å². The normalized spacial score (nSPS) is 10.2. The molecule has 0 radical (unpaired) electrons. The van der Waals surface area contributed by atoms with E-state index in [1.165, 1.54) is 18.3 Å². The molecule has 0 N–H and O–H groups in total. The number of carbonyl (C=O) groups excluding carboxylic acids is 3. The molecule has 0 saturated heterocycles. The molecule has 0 spiro atoms. The Kier molecular flexibility index (Phi) is 7.79. The van der Waals surface area contributed by atoms with Gasteiger partial charge in [0.25, 0.3) is 0 Å². The second-order valence-electron chi connectivity index (χ2n) is 4.74. The standard InChI is InChI=1S/C15H22N2O6/c1-4-8-17(13(18)6-7-14(19)22-5-2)9-12-16-11(10-23-12)15(20)21-3/h10H,4-9H2,1-3H3. The van der Waals surface area contributed by atoms with E-state index in [-0.39, 0.29) is 43.5 Å². The summed E-state index contributed by atoms with van der Waals surface area (Å²) in [6.45, 7) is 4.56. The van der Waals surface area contributed by atoms with E-state index in [2.05, 4.69) is 9.72 Å². The molecule has 0 bridgehead atoms. The average molecular weight is 326 g/mol. The number of amides is 1. The molecule has 0 saturated carbocycles. The number of nitrogens with zero attached hydrogens (tertiary/aromatic N) is 2. The van der Waals surface area contributed by atoms with Gasteiger partial charge in [0, 0.05) is 13.0 Å². The first-order valence-electron chi connectivity index (χ1n) is 7.47. The number of rotatable bonds is 9. The van der Waals surface area contributed by atoms with Crippen molar-refractivity contribution in [3.63, 3.8) is 0 Å². The maximum Gasteiger partial charge on any atom is 0.360 e. The molecule has 1 rings (SSSR count). The molecule has 1 aromatic rings. The van der Waals surface area contributed by atoms with Crippen molar-refractivity contribution >= 4 is 17.8 Å². The second-order valence-corrected chi connectivity index (χ2v) is 4.74. The third kappa shape index (κ3) is 6.09. The van der Waals surface area contributed by atoms with Gasteiger partial charge in [-0.15, -0.1) is 0 Å². The number of methoxy groups -OCH3 is 1. The highest BCUT2D eigenvalue weighted by Gasteiger charge is 2.19. The van der Waals surface area contributed by atoms with Crippen molar-refractivity contribution < 1.29 is 28.3 Å². The van der Waals surface area contributed by atoms with Crippen LogP contribution in [0.4, 0.5) is 0 Å². The van der Waals surface area contributed by atoms with Gasteiger partial charge in [-0.2, -0.15) is 0 Å². The molecule has 0 aliphatic rings. The number of carbonyl (C=O) groups is 3. The zero-order valence-electron chi connectivity index (χ0n) is 13.7. The fourth-order valence-electron chi connectivity index (χ4n) is 1.91. The first kappa shape index (κ1) is 18.7. The number of ether oxygens (including phenoxy) is 2. The first-order valence-corrected chi connectivity index (χ1v) is 7.47. The SMILES string of the molecule is CCCN(Cc1nc(C(=O)OC)co1)C(=O)CCC(=O)OCC. The summed E-state index contributed by atoms with van der Waals surface area (Å²) < 4.78 is 14.5. The predicted molar refractivity (Wildman–Crippen MR) is 79.4 cm³/mol. The van der Waals surface area contributed by atoms with Crippen molar-refractivity contribution in [2.75, 3.05) is 20.3 Å². The van der Waals surface area contributed by atoms with Crippen LogP contribution in [0.1, 0.15) is 49.5 Å². The summed E-state index contributed by atoms with van der Waals surface area (Å²) in [6, 6.07) is 0. The summed E-state index contributed by atoms with van der Waals surface area (Å²) in [4.78, 5) is 40.4. The van der Waals surface area contributed by atoms with Gasteiger partial charge < -0.3 is 18.8 Å². The Morgan fingerprint density at radius 1 is 1.26 bits per heavy atom. The molecule has 0 aliphatic heterocycles. The number of esters is 2. The second kappa shape index (κ2) is 9.60. The Labute approximate surface area is 134 Å². The van der Waals surface area contributed by atoms with E-state index in [4.69, 9.17) is 9.15 Å². The Balaban J connectivity index is 2.63. The number of hydrogen-bond acceptors (Lipinski definition) is 7. The van der Waals surface area contributed by atoms with Gasteiger partial charge in [-0.05, 0) is 13.3 Å². The molecule has 0 atom stereocenters. The van der Waals surface area contributed by atoms with E-state index >= 15 is 0 Å². The maximum atomic E-state index is 12.2. The van der Waals surface area contributed by atoms with Crippen LogP contribution in [0.3, 0.4) is 0 Å². The molecule has 0 unspecified atom stereocenters. The molecule has 0 fully saturated rings. The van der Waals surface area contributed by atoms with E-state index in [0.717, 1.165) is 6.42 Å². The largest absolute Gasteiger partial charge is 0.466 e. The molecule has 1 amide bonds. The highest BCUT2D eigenvalue weighted by molar-refractivity contribution is 5.86. The van der Waals surface area contributed by atoms with Gasteiger partial charge in [-0.1, -0.05) is 6.92 Å². The van der Waals surface area contributed by atoms with Crippen LogP contribution in [-0.4, -0.2) is 48.0 Å². The van der Waals surface area contributed by atoms with Crippen LogP contribution in [0.5, 0.6) is 0 Å². The van der Waals surface area contributed by atoms with Gasteiger partial charge in [0.1, 0.15) is 6.26 Å². The maximum absolute atomic E-state index is 12.2. The van der Waals surface area contributed by atoms with Gasteiger partial charge in [0.15, 0.2) is 5.69 Å². The van der Waals surface area contributed by atoms with Gasteiger partial charge in [0.2, 0.25) is 11.8 Å². The lowest BCUT2D eigenvalue weighted by atomic mass is 10.2. The third-order valence-corrected chi connectivity index (χ3v) is 2.97.